The molecule has 2 aromatic rings. The first-order valence-corrected chi connectivity index (χ1v) is 9.98. The van der Waals surface area contributed by atoms with Crippen LogP contribution in [0.1, 0.15) is 61.8 Å². The third-order valence-corrected chi connectivity index (χ3v) is 4.74. The minimum absolute atomic E-state index is 0. The van der Waals surface area contributed by atoms with Gasteiger partial charge in [-0.25, -0.2) is 0 Å². The Balaban J connectivity index is -0.000000422. The van der Waals surface area contributed by atoms with Gasteiger partial charge in [0.05, 0.1) is 0 Å². The van der Waals surface area contributed by atoms with Gasteiger partial charge in [0.25, 0.3) is 0 Å². The standard InChI is InChI=1S/2C12H18N.2FH.Hf/c2*1-4-5-9-13-12-8-6-7-10(2)11(12)3;;;/h2*6-8H,4-5,9H2,1-3H3;2*1H;/q2*-1;;;+4/p-2. The molecule has 29 heavy (non-hydrogen) atoms. The van der Waals surface area contributed by atoms with Crippen LogP contribution in [-0.4, -0.2) is 13.1 Å². The maximum Gasteiger partial charge on any atom is 4.00 e. The van der Waals surface area contributed by atoms with Crippen molar-refractivity contribution < 1.29 is 35.3 Å². The average Bonchev–Trinajstić information content (AvgIpc) is 2.63. The molecule has 0 bridgehead atoms. The average molecular weight is 569 g/mol. The Labute approximate surface area is 195 Å². The molecule has 0 saturated carbocycles. The van der Waals surface area contributed by atoms with Crippen LogP contribution < -0.4 is 9.41 Å². The van der Waals surface area contributed by atoms with Crippen LogP contribution in [0.3, 0.4) is 0 Å². The van der Waals surface area contributed by atoms with Crippen LogP contribution in [0.5, 0.6) is 0 Å². The summed E-state index contributed by atoms with van der Waals surface area (Å²) in [6.07, 6.45) is 4.81. The molecule has 0 aliphatic carbocycles. The van der Waals surface area contributed by atoms with Crippen molar-refractivity contribution >= 4 is 11.4 Å². The van der Waals surface area contributed by atoms with Crippen molar-refractivity contribution in [1.29, 1.82) is 0 Å². The van der Waals surface area contributed by atoms with Gasteiger partial charge in [0.15, 0.2) is 0 Å². The number of hydrogen-bond acceptors (Lipinski definition) is 0. The topological polar surface area (TPSA) is 28.2 Å². The summed E-state index contributed by atoms with van der Waals surface area (Å²) in [5.74, 6) is 0. The van der Waals surface area contributed by atoms with E-state index in [1.165, 1.54) is 47.9 Å². The van der Waals surface area contributed by atoms with Crippen molar-refractivity contribution in [3.8, 4) is 0 Å². The zero-order chi connectivity index (χ0) is 19.4. The van der Waals surface area contributed by atoms with Crippen molar-refractivity contribution in [3.05, 3.63) is 69.3 Å². The Kier molecular flexibility index (Phi) is 21.0. The Morgan fingerprint density at radius 3 is 1.28 bits per heavy atom. The molecule has 0 aromatic heterocycles. The quantitative estimate of drug-likeness (QED) is 0.345. The fraction of sp³-hybridized carbons (Fsp3) is 0.500. The molecular weight excluding hydrogens is 533 g/mol. The van der Waals surface area contributed by atoms with Crippen molar-refractivity contribution in [1.82, 2.24) is 0 Å². The van der Waals surface area contributed by atoms with E-state index in [1.54, 1.807) is 0 Å². The molecule has 0 fully saturated rings. The summed E-state index contributed by atoms with van der Waals surface area (Å²) in [7, 11) is 0. The molecule has 0 heterocycles. The zero-order valence-electron chi connectivity index (χ0n) is 18.9. The summed E-state index contributed by atoms with van der Waals surface area (Å²) < 4.78 is 0. The summed E-state index contributed by atoms with van der Waals surface area (Å²) in [6.45, 7) is 14.8. The van der Waals surface area contributed by atoms with E-state index in [4.69, 9.17) is 0 Å². The molecule has 0 N–H and O–H groups in total. The van der Waals surface area contributed by atoms with Gasteiger partial charge in [0.2, 0.25) is 0 Å². The van der Waals surface area contributed by atoms with Gasteiger partial charge in [-0.15, -0.1) is 24.5 Å². The molecule has 0 saturated heterocycles. The zero-order valence-corrected chi connectivity index (χ0v) is 22.4. The van der Waals surface area contributed by atoms with Crippen LogP contribution in [0.25, 0.3) is 10.6 Å². The second-order valence-electron chi connectivity index (χ2n) is 6.91. The van der Waals surface area contributed by atoms with E-state index >= 15 is 0 Å². The molecule has 160 valence electrons. The maximum atomic E-state index is 4.56. The molecule has 0 unspecified atom stereocenters. The fourth-order valence-corrected chi connectivity index (χ4v) is 2.53. The predicted molar refractivity (Wildman–Crippen MR) is 117 cm³/mol. The van der Waals surface area contributed by atoms with Gasteiger partial charge < -0.3 is 20.0 Å². The van der Waals surface area contributed by atoms with Gasteiger partial charge >= 0.3 is 25.8 Å². The molecule has 5 heteroatoms. The van der Waals surface area contributed by atoms with Gasteiger partial charge in [-0.05, 0) is 38.8 Å². The summed E-state index contributed by atoms with van der Waals surface area (Å²) in [5.41, 5.74) is 7.62. The van der Waals surface area contributed by atoms with E-state index in [-0.39, 0.29) is 35.3 Å². The van der Waals surface area contributed by atoms with E-state index in [9.17, 15) is 0 Å². The largest absolute Gasteiger partial charge is 4.00 e. The molecular formula is C24H36F2HfN2. The van der Waals surface area contributed by atoms with Gasteiger partial charge in [0, 0.05) is 0 Å². The van der Waals surface area contributed by atoms with Crippen LogP contribution >= 0.6 is 0 Å². The van der Waals surface area contributed by atoms with Gasteiger partial charge in [0.1, 0.15) is 0 Å². The van der Waals surface area contributed by atoms with E-state index in [0.29, 0.717) is 0 Å². The molecule has 2 aromatic carbocycles. The third-order valence-electron chi connectivity index (χ3n) is 4.74. The minimum atomic E-state index is 0. The second-order valence-corrected chi connectivity index (χ2v) is 6.91. The van der Waals surface area contributed by atoms with Crippen molar-refractivity contribution in [2.24, 2.45) is 0 Å². The molecule has 0 radical (unpaired) electrons. The molecule has 0 atom stereocenters. The van der Waals surface area contributed by atoms with Crippen molar-refractivity contribution in [2.45, 2.75) is 67.2 Å². The van der Waals surface area contributed by atoms with Crippen LogP contribution in [-0.2, 0) is 25.8 Å². The first kappa shape index (κ1) is 32.4. The fourth-order valence-electron chi connectivity index (χ4n) is 2.53. The number of halogens is 2. The van der Waals surface area contributed by atoms with E-state index < -0.39 is 0 Å². The van der Waals surface area contributed by atoms with Gasteiger partial charge in [-0.1, -0.05) is 87.1 Å². The Bertz CT molecular complexity index is 606. The Morgan fingerprint density at radius 1 is 0.621 bits per heavy atom. The van der Waals surface area contributed by atoms with Crippen LogP contribution in [0.15, 0.2) is 36.4 Å². The van der Waals surface area contributed by atoms with Crippen molar-refractivity contribution in [3.63, 3.8) is 0 Å². The molecule has 0 amide bonds. The monoisotopic (exact) mass is 570 g/mol. The maximum absolute atomic E-state index is 4.56. The smallest absolute Gasteiger partial charge is 1.00 e. The number of aryl methyl sites for hydroxylation is 2. The predicted octanol–water partition coefficient (Wildman–Crippen LogP) is 2.22. The van der Waals surface area contributed by atoms with Crippen LogP contribution in [0.4, 0.5) is 11.4 Å². The van der Waals surface area contributed by atoms with Crippen molar-refractivity contribution in [2.75, 3.05) is 13.1 Å². The summed E-state index contributed by atoms with van der Waals surface area (Å²) in [4.78, 5) is 0. The number of nitrogens with zero attached hydrogens (tertiary/aromatic N) is 2. The number of rotatable bonds is 8. The molecule has 0 spiro atoms. The first-order valence-electron chi connectivity index (χ1n) is 9.98. The van der Waals surface area contributed by atoms with Gasteiger partial charge in [-0.3, -0.25) is 0 Å². The van der Waals surface area contributed by atoms with Gasteiger partial charge in [-0.2, -0.15) is 0 Å². The Hall–Kier alpha value is -1.23. The van der Waals surface area contributed by atoms with E-state index in [0.717, 1.165) is 24.5 Å². The first-order chi connectivity index (χ1) is 12.5. The molecule has 0 aliphatic rings. The van der Waals surface area contributed by atoms with E-state index in [2.05, 4.69) is 88.6 Å². The number of benzene rings is 2. The Morgan fingerprint density at radius 2 is 0.966 bits per heavy atom. The number of unbranched alkanes of at least 4 members (excludes halogenated alkanes) is 2. The van der Waals surface area contributed by atoms with Crippen LogP contribution in [0.2, 0.25) is 0 Å². The molecule has 2 nitrogen and oxygen atoms in total. The SMILES string of the molecule is CCCC[N-]c1cccc(C)c1C.CCCC[N-]c1cccc(C)c1C.[F-].[F-].[Hf+4]. The molecule has 0 aliphatic heterocycles. The second kappa shape index (κ2) is 18.8. The van der Waals surface area contributed by atoms with E-state index in [1.807, 2.05) is 0 Å². The normalized spacial score (nSPS) is 9.03. The summed E-state index contributed by atoms with van der Waals surface area (Å²) in [6, 6.07) is 12.6. The number of hydrogen-bond donors (Lipinski definition) is 0. The third kappa shape index (κ3) is 12.1. The molecule has 2 rings (SSSR count). The summed E-state index contributed by atoms with van der Waals surface area (Å²) >= 11 is 0. The van der Waals surface area contributed by atoms with Crippen LogP contribution in [0, 0.1) is 27.7 Å². The minimum Gasteiger partial charge on any atom is -1.00 e. The summed E-state index contributed by atoms with van der Waals surface area (Å²) in [5, 5.41) is 9.11.